The summed E-state index contributed by atoms with van der Waals surface area (Å²) >= 11 is 4.90. The van der Waals surface area contributed by atoms with E-state index in [4.69, 9.17) is 27.4 Å². The summed E-state index contributed by atoms with van der Waals surface area (Å²) in [7, 11) is 1.48. The molecule has 0 atom stereocenters. The molecule has 0 fully saturated rings. The first kappa shape index (κ1) is 15.2. The maximum absolute atomic E-state index is 13.4. The molecular formula is C15H13F2NO2S. The van der Waals surface area contributed by atoms with Crippen molar-refractivity contribution in [1.29, 1.82) is 0 Å². The minimum absolute atomic E-state index is 0.00811. The van der Waals surface area contributed by atoms with Crippen LogP contribution < -0.4 is 15.2 Å². The summed E-state index contributed by atoms with van der Waals surface area (Å²) in [5.74, 6) is -1.42. The van der Waals surface area contributed by atoms with Crippen molar-refractivity contribution in [2.75, 3.05) is 7.11 Å². The summed E-state index contributed by atoms with van der Waals surface area (Å²) in [6, 6.07) is 8.59. The molecule has 6 heteroatoms. The highest BCUT2D eigenvalue weighted by Crippen LogP contribution is 2.24. The molecule has 2 N–H and O–H groups in total. The van der Waals surface area contributed by atoms with Gasteiger partial charge in [0.15, 0.2) is 17.4 Å². The number of methoxy groups -OCH3 is 1. The molecule has 0 aliphatic carbocycles. The van der Waals surface area contributed by atoms with Crippen LogP contribution in [0.3, 0.4) is 0 Å². The number of hydrogen-bond donors (Lipinski definition) is 1. The quantitative estimate of drug-likeness (QED) is 0.862. The fourth-order valence-electron chi connectivity index (χ4n) is 1.80. The van der Waals surface area contributed by atoms with Crippen LogP contribution in [0.5, 0.6) is 11.5 Å². The van der Waals surface area contributed by atoms with E-state index < -0.39 is 17.4 Å². The van der Waals surface area contributed by atoms with Gasteiger partial charge in [0.25, 0.3) is 0 Å². The molecule has 0 aromatic heterocycles. The molecule has 3 nitrogen and oxygen atoms in total. The Morgan fingerprint density at radius 2 is 1.86 bits per heavy atom. The number of rotatable bonds is 5. The number of para-hydroxylation sites is 1. The van der Waals surface area contributed by atoms with E-state index in [1.54, 1.807) is 18.2 Å². The first-order chi connectivity index (χ1) is 10.0. The number of nitrogens with two attached hydrogens (primary N) is 1. The standard InChI is InChI=1S/C15H13F2NO2S/c1-19-13-7-9(5-6-10(13)15(18)21)8-20-14-11(16)3-2-4-12(14)17/h2-7H,8H2,1H3,(H2,18,21). The summed E-state index contributed by atoms with van der Waals surface area (Å²) in [5.41, 5.74) is 6.83. The predicted molar refractivity (Wildman–Crippen MR) is 79.6 cm³/mol. The smallest absolute Gasteiger partial charge is 0.191 e. The van der Waals surface area contributed by atoms with Crippen LogP contribution in [-0.2, 0) is 6.61 Å². The molecule has 2 rings (SSSR count). The molecule has 0 saturated heterocycles. The van der Waals surface area contributed by atoms with Crippen LogP contribution in [0.2, 0.25) is 0 Å². The van der Waals surface area contributed by atoms with E-state index in [0.29, 0.717) is 16.9 Å². The molecule has 21 heavy (non-hydrogen) atoms. The Bertz CT molecular complexity index is 656. The minimum Gasteiger partial charge on any atom is -0.496 e. The first-order valence-corrected chi connectivity index (χ1v) is 6.47. The van der Waals surface area contributed by atoms with E-state index in [2.05, 4.69) is 0 Å². The lowest BCUT2D eigenvalue weighted by Gasteiger charge is -2.11. The normalized spacial score (nSPS) is 10.2. The van der Waals surface area contributed by atoms with Gasteiger partial charge < -0.3 is 15.2 Å². The van der Waals surface area contributed by atoms with Gasteiger partial charge >= 0.3 is 0 Å². The minimum atomic E-state index is -0.748. The van der Waals surface area contributed by atoms with Gasteiger partial charge in [-0.05, 0) is 29.8 Å². The largest absolute Gasteiger partial charge is 0.496 e. The van der Waals surface area contributed by atoms with Crippen LogP contribution in [0.4, 0.5) is 8.78 Å². The van der Waals surface area contributed by atoms with Crippen LogP contribution in [0.25, 0.3) is 0 Å². The zero-order valence-corrected chi connectivity index (χ0v) is 12.0. The third kappa shape index (κ3) is 3.46. The molecule has 0 aliphatic heterocycles. The molecule has 0 bridgehead atoms. The fraction of sp³-hybridized carbons (Fsp3) is 0.133. The van der Waals surface area contributed by atoms with Crippen LogP contribution in [0, 0.1) is 11.6 Å². The van der Waals surface area contributed by atoms with Crippen LogP contribution >= 0.6 is 12.2 Å². The van der Waals surface area contributed by atoms with Crippen molar-refractivity contribution >= 4 is 17.2 Å². The Hall–Kier alpha value is -2.21. The Kier molecular flexibility index (Phi) is 4.70. The molecule has 0 heterocycles. The monoisotopic (exact) mass is 309 g/mol. The van der Waals surface area contributed by atoms with Crippen molar-refractivity contribution in [1.82, 2.24) is 0 Å². The van der Waals surface area contributed by atoms with Gasteiger partial charge in [0.1, 0.15) is 17.3 Å². The third-order valence-corrected chi connectivity index (χ3v) is 3.05. The summed E-state index contributed by atoms with van der Waals surface area (Å²) in [5, 5.41) is 0. The van der Waals surface area contributed by atoms with Gasteiger partial charge in [0, 0.05) is 0 Å². The molecule has 0 unspecified atom stereocenters. The van der Waals surface area contributed by atoms with Crippen molar-refractivity contribution in [3.05, 3.63) is 59.2 Å². The number of ether oxygens (including phenoxy) is 2. The van der Waals surface area contributed by atoms with E-state index >= 15 is 0 Å². The van der Waals surface area contributed by atoms with Crippen molar-refractivity contribution in [2.24, 2.45) is 5.73 Å². The van der Waals surface area contributed by atoms with Gasteiger partial charge in [-0.3, -0.25) is 0 Å². The first-order valence-electron chi connectivity index (χ1n) is 6.06. The highest BCUT2D eigenvalue weighted by atomic mass is 32.1. The van der Waals surface area contributed by atoms with E-state index in [1.165, 1.54) is 13.2 Å². The molecule has 2 aromatic carbocycles. The molecule has 2 aromatic rings. The van der Waals surface area contributed by atoms with Gasteiger partial charge in [0.05, 0.1) is 12.7 Å². The number of hydrogen-bond acceptors (Lipinski definition) is 3. The second-order valence-corrected chi connectivity index (χ2v) is 4.68. The SMILES string of the molecule is COc1cc(COc2c(F)cccc2F)ccc1C(N)=S. The van der Waals surface area contributed by atoms with Gasteiger partial charge in [-0.15, -0.1) is 0 Å². The lowest BCUT2D eigenvalue weighted by molar-refractivity contribution is 0.273. The molecule has 0 amide bonds. The maximum Gasteiger partial charge on any atom is 0.191 e. The number of benzene rings is 2. The topological polar surface area (TPSA) is 44.5 Å². The van der Waals surface area contributed by atoms with E-state index in [-0.39, 0.29) is 11.6 Å². The molecule has 0 aliphatic rings. The van der Waals surface area contributed by atoms with Crippen molar-refractivity contribution < 1.29 is 18.3 Å². The fourth-order valence-corrected chi connectivity index (χ4v) is 1.97. The zero-order valence-electron chi connectivity index (χ0n) is 11.2. The number of halogens is 2. The Balaban J connectivity index is 2.19. The Morgan fingerprint density at radius 3 is 2.43 bits per heavy atom. The summed E-state index contributed by atoms with van der Waals surface area (Å²) in [4.78, 5) is 0.208. The third-order valence-electron chi connectivity index (χ3n) is 2.83. The van der Waals surface area contributed by atoms with Crippen molar-refractivity contribution in [3.8, 4) is 11.5 Å². The Morgan fingerprint density at radius 1 is 1.19 bits per heavy atom. The second-order valence-electron chi connectivity index (χ2n) is 4.24. The highest BCUT2D eigenvalue weighted by molar-refractivity contribution is 7.80. The average molecular weight is 309 g/mol. The van der Waals surface area contributed by atoms with Gasteiger partial charge in [-0.25, -0.2) is 8.78 Å². The molecule has 110 valence electrons. The van der Waals surface area contributed by atoms with Crippen LogP contribution in [0.15, 0.2) is 36.4 Å². The van der Waals surface area contributed by atoms with Crippen LogP contribution in [-0.4, -0.2) is 12.1 Å². The predicted octanol–water partition coefficient (Wildman–Crippen LogP) is 3.19. The van der Waals surface area contributed by atoms with Crippen LogP contribution in [0.1, 0.15) is 11.1 Å². The summed E-state index contributed by atoms with van der Waals surface area (Å²) in [6.07, 6.45) is 0. The lowest BCUT2D eigenvalue weighted by Crippen LogP contribution is -2.11. The summed E-state index contributed by atoms with van der Waals surface area (Å²) in [6.45, 7) is -0.00811. The molecule has 0 saturated carbocycles. The molecule has 0 spiro atoms. The van der Waals surface area contributed by atoms with Gasteiger partial charge in [0.2, 0.25) is 0 Å². The van der Waals surface area contributed by atoms with E-state index in [1.807, 2.05) is 0 Å². The van der Waals surface area contributed by atoms with E-state index in [0.717, 1.165) is 12.1 Å². The maximum atomic E-state index is 13.4. The second kappa shape index (κ2) is 6.49. The van der Waals surface area contributed by atoms with Gasteiger partial charge in [-0.1, -0.05) is 24.4 Å². The number of thiocarbonyl (C=S) groups is 1. The lowest BCUT2D eigenvalue weighted by atomic mass is 10.1. The molecule has 0 radical (unpaired) electrons. The van der Waals surface area contributed by atoms with Gasteiger partial charge in [-0.2, -0.15) is 0 Å². The highest BCUT2D eigenvalue weighted by Gasteiger charge is 2.11. The zero-order chi connectivity index (χ0) is 15.4. The van der Waals surface area contributed by atoms with Crippen molar-refractivity contribution in [3.63, 3.8) is 0 Å². The molecular weight excluding hydrogens is 296 g/mol. The average Bonchev–Trinajstić information content (AvgIpc) is 2.46. The Labute approximate surface area is 126 Å². The van der Waals surface area contributed by atoms with E-state index in [9.17, 15) is 8.78 Å². The van der Waals surface area contributed by atoms with Crippen molar-refractivity contribution in [2.45, 2.75) is 6.61 Å². The summed E-state index contributed by atoms with van der Waals surface area (Å²) < 4.78 is 37.2.